The third-order valence-electron chi connectivity index (χ3n) is 5.14. The Balaban J connectivity index is 1.79. The van der Waals surface area contributed by atoms with Gasteiger partial charge >= 0.3 is 0 Å². The lowest BCUT2D eigenvalue weighted by Crippen LogP contribution is -2.45. The minimum absolute atomic E-state index is 0.217. The summed E-state index contributed by atoms with van der Waals surface area (Å²) in [5, 5.41) is 13.2. The van der Waals surface area contributed by atoms with Gasteiger partial charge in [-0.15, -0.1) is 0 Å². The van der Waals surface area contributed by atoms with E-state index in [-0.39, 0.29) is 6.04 Å². The summed E-state index contributed by atoms with van der Waals surface area (Å²) in [6.45, 7) is 3.02. The maximum atomic E-state index is 12.1. The molecule has 3 rings (SSSR count). The fourth-order valence-corrected chi connectivity index (χ4v) is 4.97. The summed E-state index contributed by atoms with van der Waals surface area (Å²) in [6.07, 6.45) is 4.11. The Kier molecular flexibility index (Phi) is 7.01. The summed E-state index contributed by atoms with van der Waals surface area (Å²) in [4.78, 5) is 13.5. The normalized spacial score (nSPS) is 15.2. The molecule has 0 aliphatic carbocycles. The van der Waals surface area contributed by atoms with Crippen LogP contribution in [-0.4, -0.2) is 48.4 Å². The Morgan fingerprint density at radius 1 is 1.33 bits per heavy atom. The van der Waals surface area contributed by atoms with E-state index in [9.17, 15) is 13.2 Å². The van der Waals surface area contributed by atoms with Crippen molar-refractivity contribution in [1.29, 1.82) is 0 Å². The van der Waals surface area contributed by atoms with Gasteiger partial charge < -0.3 is 4.90 Å². The first-order valence-corrected chi connectivity index (χ1v) is 10.9. The van der Waals surface area contributed by atoms with Crippen LogP contribution in [0, 0.1) is 6.92 Å². The zero-order valence-corrected chi connectivity index (χ0v) is 18.3. The van der Waals surface area contributed by atoms with Crippen LogP contribution in [0.1, 0.15) is 24.1 Å². The van der Waals surface area contributed by atoms with Gasteiger partial charge in [0.05, 0.1) is 5.69 Å². The molecule has 30 heavy (non-hydrogen) atoms. The molecule has 0 atom stereocenters. The van der Waals surface area contributed by atoms with Crippen molar-refractivity contribution in [3.05, 3.63) is 46.8 Å². The number of nitrogens with one attached hydrogen (secondary N) is 1. The molecule has 0 bridgehead atoms. The molecule has 2 N–H and O–H groups in total. The predicted molar refractivity (Wildman–Crippen MR) is 116 cm³/mol. The smallest absolute Gasteiger partial charge is 0.267 e. The van der Waals surface area contributed by atoms with E-state index in [0.717, 1.165) is 11.3 Å². The molecule has 162 valence electrons. The summed E-state index contributed by atoms with van der Waals surface area (Å²) < 4.78 is 27.0. The van der Waals surface area contributed by atoms with Gasteiger partial charge in [-0.1, -0.05) is 29.8 Å². The first kappa shape index (κ1) is 22.1. The number of anilines is 2. The van der Waals surface area contributed by atoms with Gasteiger partial charge in [-0.3, -0.25) is 19.0 Å². The molecular weight excluding hydrogens is 430 g/mol. The Hall–Kier alpha value is -2.56. The van der Waals surface area contributed by atoms with Crippen LogP contribution in [0.15, 0.2) is 30.3 Å². The molecule has 1 aromatic heterocycles. The number of thiol groups is 1. The first-order valence-electron chi connectivity index (χ1n) is 9.42. The van der Waals surface area contributed by atoms with Crippen molar-refractivity contribution >= 4 is 45.8 Å². The second kappa shape index (κ2) is 9.50. The van der Waals surface area contributed by atoms with E-state index in [1.54, 1.807) is 25.5 Å². The van der Waals surface area contributed by atoms with Crippen molar-refractivity contribution in [2.24, 2.45) is 7.05 Å². The molecule has 1 aromatic carbocycles. The molecule has 0 saturated carbocycles. The Morgan fingerprint density at radius 2 is 2.00 bits per heavy atom. The summed E-state index contributed by atoms with van der Waals surface area (Å²) in [6, 6.07) is 7.38. The van der Waals surface area contributed by atoms with Gasteiger partial charge in [0.2, 0.25) is 10.9 Å². The van der Waals surface area contributed by atoms with Crippen molar-refractivity contribution in [2.75, 3.05) is 22.3 Å². The number of aromatic nitrogens is 2. The SMILES string of the molecule is Cc1nn(C)c(Cl)c1N(C1CCN(c2ccccc2/C=C/C(=O)NO)CC1)[SH](=O)=O. The van der Waals surface area contributed by atoms with Crippen molar-refractivity contribution < 1.29 is 18.4 Å². The van der Waals surface area contributed by atoms with Gasteiger partial charge in [0.15, 0.2) is 5.15 Å². The van der Waals surface area contributed by atoms with E-state index in [1.807, 2.05) is 24.3 Å². The molecule has 0 radical (unpaired) electrons. The van der Waals surface area contributed by atoms with Gasteiger partial charge in [0.1, 0.15) is 5.69 Å². The van der Waals surface area contributed by atoms with E-state index < -0.39 is 16.8 Å². The average Bonchev–Trinajstić information content (AvgIpc) is 2.99. The number of aryl methyl sites for hydroxylation is 2. The number of para-hydroxylation sites is 1. The molecule has 1 aliphatic rings. The Bertz CT molecular complexity index is 1020. The number of hydrogen-bond donors (Lipinski definition) is 3. The van der Waals surface area contributed by atoms with Crippen molar-refractivity contribution in [2.45, 2.75) is 25.8 Å². The molecule has 1 fully saturated rings. The van der Waals surface area contributed by atoms with Crippen LogP contribution in [0.5, 0.6) is 0 Å². The van der Waals surface area contributed by atoms with Crippen LogP contribution in [-0.2, 0) is 22.7 Å². The van der Waals surface area contributed by atoms with Crippen molar-refractivity contribution in [3.63, 3.8) is 0 Å². The van der Waals surface area contributed by atoms with Gasteiger partial charge in [-0.25, -0.2) is 13.9 Å². The highest BCUT2D eigenvalue weighted by molar-refractivity contribution is 7.74. The minimum Gasteiger partial charge on any atom is -0.371 e. The molecule has 0 spiro atoms. The lowest BCUT2D eigenvalue weighted by Gasteiger charge is -2.38. The monoisotopic (exact) mass is 453 g/mol. The third kappa shape index (κ3) is 4.61. The number of piperidine rings is 1. The largest absolute Gasteiger partial charge is 0.371 e. The first-order chi connectivity index (χ1) is 14.3. The fourth-order valence-electron chi connectivity index (χ4n) is 3.75. The highest BCUT2D eigenvalue weighted by Crippen LogP contribution is 2.34. The number of hydrogen-bond acceptors (Lipinski definition) is 6. The van der Waals surface area contributed by atoms with Crippen LogP contribution in [0.2, 0.25) is 5.15 Å². The van der Waals surface area contributed by atoms with E-state index in [2.05, 4.69) is 10.00 Å². The molecule has 0 unspecified atom stereocenters. The number of amides is 1. The van der Waals surface area contributed by atoms with Gasteiger partial charge in [0.25, 0.3) is 5.91 Å². The van der Waals surface area contributed by atoms with E-state index >= 15 is 0 Å². The Labute approximate surface area is 181 Å². The van der Waals surface area contributed by atoms with Gasteiger partial charge in [-0.2, -0.15) is 5.10 Å². The second-order valence-electron chi connectivity index (χ2n) is 7.02. The second-order valence-corrected chi connectivity index (χ2v) is 8.28. The number of carbonyl (C=O) groups is 1. The van der Waals surface area contributed by atoms with Crippen LogP contribution < -0.4 is 14.7 Å². The number of halogens is 1. The summed E-state index contributed by atoms with van der Waals surface area (Å²) in [7, 11) is -1.19. The van der Waals surface area contributed by atoms with Gasteiger partial charge in [-0.05, 0) is 37.5 Å². The predicted octanol–water partition coefficient (Wildman–Crippen LogP) is 1.90. The van der Waals surface area contributed by atoms with Crippen molar-refractivity contribution in [1.82, 2.24) is 15.3 Å². The van der Waals surface area contributed by atoms with E-state index in [4.69, 9.17) is 16.8 Å². The molecule has 9 nitrogen and oxygen atoms in total. The maximum absolute atomic E-state index is 12.1. The number of benzene rings is 1. The quantitative estimate of drug-likeness (QED) is 0.267. The number of hydroxylamine groups is 1. The van der Waals surface area contributed by atoms with Crippen LogP contribution in [0.25, 0.3) is 6.08 Å². The molecular formula is C19H24ClN5O4S. The summed E-state index contributed by atoms with van der Waals surface area (Å²) in [5.74, 6) is -0.609. The highest BCUT2D eigenvalue weighted by atomic mass is 35.5. The average molecular weight is 454 g/mol. The maximum Gasteiger partial charge on any atom is 0.267 e. The van der Waals surface area contributed by atoms with Crippen LogP contribution in [0.3, 0.4) is 0 Å². The standard InChI is InChI=1S/C19H24ClN5O4S/c1-13-18(19(20)23(2)21-13)25(30(28)29)15-9-11-24(12-10-15)16-6-4-3-5-14(16)7-8-17(26)22-27/h3-8,15,27,30H,9-12H2,1-2H3,(H,22,26)/b8-7+. The fraction of sp³-hybridized carbons (Fsp3) is 0.368. The zero-order valence-electron chi connectivity index (χ0n) is 16.7. The summed E-state index contributed by atoms with van der Waals surface area (Å²) in [5.41, 5.74) is 4.35. The van der Waals surface area contributed by atoms with Crippen LogP contribution in [0.4, 0.5) is 11.4 Å². The molecule has 1 saturated heterocycles. The topological polar surface area (TPSA) is 108 Å². The Morgan fingerprint density at radius 3 is 2.57 bits per heavy atom. The molecule has 1 aliphatic heterocycles. The molecule has 2 aromatic rings. The lowest BCUT2D eigenvalue weighted by molar-refractivity contribution is -0.124. The molecule has 1 amide bonds. The number of carbonyl (C=O) groups excluding carboxylic acids is 1. The third-order valence-corrected chi connectivity index (χ3v) is 6.44. The van der Waals surface area contributed by atoms with E-state index in [1.165, 1.54) is 15.1 Å². The molecule has 2 heterocycles. The minimum atomic E-state index is -2.87. The number of rotatable bonds is 6. The van der Waals surface area contributed by atoms with Gasteiger partial charge in [0, 0.05) is 37.9 Å². The lowest BCUT2D eigenvalue weighted by atomic mass is 10.0. The van der Waals surface area contributed by atoms with Crippen molar-refractivity contribution in [3.8, 4) is 0 Å². The van der Waals surface area contributed by atoms with Crippen LogP contribution >= 0.6 is 11.6 Å². The number of nitrogens with zero attached hydrogens (tertiary/aromatic N) is 4. The highest BCUT2D eigenvalue weighted by Gasteiger charge is 2.31. The van der Waals surface area contributed by atoms with E-state index in [0.29, 0.717) is 42.5 Å². The zero-order chi connectivity index (χ0) is 21.8. The molecule has 11 heteroatoms. The summed E-state index contributed by atoms with van der Waals surface area (Å²) >= 11 is 6.31.